The monoisotopic (exact) mass is 325 g/mol. The van der Waals surface area contributed by atoms with Gasteiger partial charge in [-0.1, -0.05) is 42.5 Å². The molecule has 2 rings (SSSR count). The van der Waals surface area contributed by atoms with Gasteiger partial charge in [0.25, 0.3) is 5.91 Å². The minimum atomic E-state index is -0.591. The summed E-state index contributed by atoms with van der Waals surface area (Å²) in [6.45, 7) is 0.207. The van der Waals surface area contributed by atoms with Crippen molar-refractivity contribution in [3.05, 3.63) is 71.3 Å². The van der Waals surface area contributed by atoms with Gasteiger partial charge in [0.15, 0.2) is 6.61 Å². The van der Waals surface area contributed by atoms with Crippen molar-refractivity contribution in [3.63, 3.8) is 0 Å². The Labute approximate surface area is 140 Å². The van der Waals surface area contributed by atoms with Crippen LogP contribution in [-0.4, -0.2) is 31.3 Å². The summed E-state index contributed by atoms with van der Waals surface area (Å²) in [6.07, 6.45) is 2.39. The molecular weight excluding hydrogens is 306 g/mol. The summed E-state index contributed by atoms with van der Waals surface area (Å²) >= 11 is 0. The lowest BCUT2D eigenvalue weighted by molar-refractivity contribution is -0.124. The predicted molar refractivity (Wildman–Crippen MR) is 89.9 cm³/mol. The number of benzene rings is 2. The van der Waals surface area contributed by atoms with Crippen LogP contribution >= 0.6 is 0 Å². The van der Waals surface area contributed by atoms with Crippen molar-refractivity contribution in [2.24, 2.45) is 0 Å². The Hall–Kier alpha value is -2.95. The zero-order valence-electron chi connectivity index (χ0n) is 13.2. The molecule has 0 aliphatic rings. The van der Waals surface area contributed by atoms with E-state index in [1.54, 1.807) is 0 Å². The summed E-state index contributed by atoms with van der Waals surface area (Å²) in [7, 11) is 0. The van der Waals surface area contributed by atoms with E-state index in [1.807, 2.05) is 30.3 Å². The van der Waals surface area contributed by atoms with E-state index in [2.05, 4.69) is 5.32 Å². The molecule has 1 N–H and O–H groups in total. The Balaban J connectivity index is 1.65. The average Bonchev–Trinajstić information content (AvgIpc) is 2.64. The third-order valence-corrected chi connectivity index (χ3v) is 3.42. The fourth-order valence-corrected chi connectivity index (χ4v) is 2.13. The molecule has 24 heavy (non-hydrogen) atoms. The highest BCUT2D eigenvalue weighted by molar-refractivity contribution is 5.92. The predicted octanol–water partition coefficient (Wildman–Crippen LogP) is 2.40. The van der Waals surface area contributed by atoms with Crippen LogP contribution in [0.5, 0.6) is 0 Å². The number of hydrogen-bond acceptors (Lipinski definition) is 4. The number of nitrogens with one attached hydrogen (secondary N) is 1. The van der Waals surface area contributed by atoms with E-state index >= 15 is 0 Å². The van der Waals surface area contributed by atoms with Crippen LogP contribution in [0.15, 0.2) is 54.6 Å². The molecule has 0 saturated heterocycles. The number of amides is 1. The van der Waals surface area contributed by atoms with Gasteiger partial charge in [0.2, 0.25) is 0 Å². The number of aryl methyl sites for hydroxylation is 1. The molecule has 0 saturated carbocycles. The van der Waals surface area contributed by atoms with Crippen LogP contribution < -0.4 is 5.32 Å². The number of hydrogen-bond donors (Lipinski definition) is 1. The zero-order valence-corrected chi connectivity index (χ0v) is 13.2. The number of rotatable bonds is 8. The number of carbonyl (C=O) groups is 3. The maximum absolute atomic E-state index is 11.8. The van der Waals surface area contributed by atoms with E-state index in [0.29, 0.717) is 24.0 Å². The molecular formula is C19H19NO4. The smallest absolute Gasteiger partial charge is 0.338 e. The SMILES string of the molecule is O=Cc1ccc(C(=O)OCC(=O)NCCCc2ccccc2)cc1. The van der Waals surface area contributed by atoms with Gasteiger partial charge in [0.05, 0.1) is 5.56 Å². The van der Waals surface area contributed by atoms with Crippen LogP contribution in [-0.2, 0) is 16.0 Å². The fourth-order valence-electron chi connectivity index (χ4n) is 2.13. The molecule has 0 aliphatic heterocycles. The van der Waals surface area contributed by atoms with Crippen molar-refractivity contribution >= 4 is 18.2 Å². The summed E-state index contributed by atoms with van der Waals surface area (Å²) in [6, 6.07) is 16.0. The first-order chi connectivity index (χ1) is 11.7. The van der Waals surface area contributed by atoms with Crippen LogP contribution in [0.2, 0.25) is 0 Å². The highest BCUT2D eigenvalue weighted by Gasteiger charge is 2.09. The molecule has 5 nitrogen and oxygen atoms in total. The van der Waals surface area contributed by atoms with E-state index in [0.717, 1.165) is 12.8 Å². The minimum Gasteiger partial charge on any atom is -0.452 e. The molecule has 1 amide bonds. The maximum Gasteiger partial charge on any atom is 0.338 e. The van der Waals surface area contributed by atoms with Gasteiger partial charge in [-0.15, -0.1) is 0 Å². The molecule has 2 aromatic rings. The molecule has 5 heteroatoms. The van der Waals surface area contributed by atoms with Crippen LogP contribution in [0.1, 0.15) is 32.7 Å². The van der Waals surface area contributed by atoms with Crippen molar-refractivity contribution in [2.45, 2.75) is 12.8 Å². The third-order valence-electron chi connectivity index (χ3n) is 3.42. The molecule has 0 aromatic heterocycles. The van der Waals surface area contributed by atoms with Gasteiger partial charge in [-0.3, -0.25) is 9.59 Å². The Kier molecular flexibility index (Phi) is 6.71. The van der Waals surface area contributed by atoms with Gasteiger partial charge in [0, 0.05) is 12.1 Å². The van der Waals surface area contributed by atoms with E-state index in [-0.39, 0.29) is 12.5 Å². The Bertz CT molecular complexity index is 680. The van der Waals surface area contributed by atoms with Crippen molar-refractivity contribution in [3.8, 4) is 0 Å². The molecule has 0 fully saturated rings. The van der Waals surface area contributed by atoms with Gasteiger partial charge in [-0.25, -0.2) is 4.79 Å². The summed E-state index contributed by atoms with van der Waals surface area (Å²) in [4.78, 5) is 34.0. The largest absolute Gasteiger partial charge is 0.452 e. The van der Waals surface area contributed by atoms with Crippen molar-refractivity contribution < 1.29 is 19.1 Å². The van der Waals surface area contributed by atoms with Crippen LogP contribution in [0.3, 0.4) is 0 Å². The summed E-state index contributed by atoms with van der Waals surface area (Å²) in [5.41, 5.74) is 2.00. The zero-order chi connectivity index (χ0) is 17.2. The number of esters is 1. The van der Waals surface area contributed by atoms with E-state index in [9.17, 15) is 14.4 Å². The van der Waals surface area contributed by atoms with Gasteiger partial charge in [0.1, 0.15) is 6.29 Å². The molecule has 0 atom stereocenters. The first-order valence-electron chi connectivity index (χ1n) is 7.72. The number of carbonyl (C=O) groups excluding carboxylic acids is 3. The van der Waals surface area contributed by atoms with Gasteiger partial charge < -0.3 is 10.1 Å². The summed E-state index contributed by atoms with van der Waals surface area (Å²) in [5.74, 6) is -0.923. The van der Waals surface area contributed by atoms with Crippen molar-refractivity contribution in [1.29, 1.82) is 0 Å². The lowest BCUT2D eigenvalue weighted by atomic mass is 10.1. The van der Waals surface area contributed by atoms with E-state index in [1.165, 1.54) is 29.8 Å². The van der Waals surface area contributed by atoms with E-state index < -0.39 is 5.97 Å². The third kappa shape index (κ3) is 5.68. The standard InChI is InChI=1S/C19H19NO4/c21-13-16-8-10-17(11-9-16)19(23)24-14-18(22)20-12-4-7-15-5-2-1-3-6-15/h1-3,5-6,8-11,13H,4,7,12,14H2,(H,20,22). The van der Waals surface area contributed by atoms with Crippen molar-refractivity contribution in [1.82, 2.24) is 5.32 Å². The lowest BCUT2D eigenvalue weighted by Gasteiger charge is -2.07. The highest BCUT2D eigenvalue weighted by Crippen LogP contribution is 2.04. The summed E-state index contributed by atoms with van der Waals surface area (Å²) < 4.78 is 4.94. The fraction of sp³-hybridized carbons (Fsp3) is 0.211. The Morgan fingerprint density at radius 2 is 1.71 bits per heavy atom. The van der Waals surface area contributed by atoms with Crippen molar-refractivity contribution in [2.75, 3.05) is 13.2 Å². The van der Waals surface area contributed by atoms with Gasteiger partial charge >= 0.3 is 5.97 Å². The Morgan fingerprint density at radius 1 is 1.00 bits per heavy atom. The Morgan fingerprint density at radius 3 is 2.38 bits per heavy atom. The van der Waals surface area contributed by atoms with Crippen LogP contribution in [0, 0.1) is 0 Å². The van der Waals surface area contributed by atoms with Crippen LogP contribution in [0.25, 0.3) is 0 Å². The molecule has 0 heterocycles. The van der Waals surface area contributed by atoms with E-state index in [4.69, 9.17) is 4.74 Å². The second-order valence-electron chi connectivity index (χ2n) is 5.26. The molecule has 0 bridgehead atoms. The minimum absolute atomic E-state index is 0.303. The number of aldehydes is 1. The molecule has 0 unspecified atom stereocenters. The normalized spacial score (nSPS) is 10.0. The van der Waals surface area contributed by atoms with Gasteiger partial charge in [-0.05, 0) is 30.5 Å². The molecule has 0 aliphatic carbocycles. The first kappa shape index (κ1) is 17.4. The summed E-state index contributed by atoms with van der Waals surface area (Å²) in [5, 5.41) is 2.72. The van der Waals surface area contributed by atoms with Crippen LogP contribution in [0.4, 0.5) is 0 Å². The molecule has 0 spiro atoms. The maximum atomic E-state index is 11.8. The average molecular weight is 325 g/mol. The molecule has 124 valence electrons. The molecule has 0 radical (unpaired) electrons. The topological polar surface area (TPSA) is 72.5 Å². The second kappa shape index (κ2) is 9.25. The highest BCUT2D eigenvalue weighted by atomic mass is 16.5. The quantitative estimate of drug-likeness (QED) is 0.459. The van der Waals surface area contributed by atoms with Gasteiger partial charge in [-0.2, -0.15) is 0 Å². The lowest BCUT2D eigenvalue weighted by Crippen LogP contribution is -2.29. The first-order valence-corrected chi connectivity index (χ1v) is 7.72. The number of ether oxygens (including phenoxy) is 1. The second-order valence-corrected chi connectivity index (χ2v) is 5.26. The molecule has 2 aromatic carbocycles.